The number of aliphatic hydroxyl groups excluding tert-OH is 1. The minimum absolute atomic E-state index is 0.0184. The number of nitrogens with one attached hydrogen (secondary N) is 3. The van der Waals surface area contributed by atoms with Gasteiger partial charge in [-0.1, -0.05) is 53.5 Å². The maximum atomic E-state index is 14.1. The van der Waals surface area contributed by atoms with E-state index in [9.17, 15) is 29.1 Å². The van der Waals surface area contributed by atoms with Gasteiger partial charge in [-0.05, 0) is 82.6 Å². The number of halogens is 2. The standard InChI is InChI=1S/C33H49BrClN5O7/c1-20(2)17-24-30(44)40(7)26(19-21-18-22(35)14-15-23(21)34)27(41)36-16-12-10-8-9-11-13-25(28(42)37-24)39(6)31(45)29(43)38-32(46)47-33(3,4)5/h9,11,14-15,18,20,24-26,29,43H,8,10,12-13,16-17,19H2,1-7H3,(H,36,41)(H,37,42)(H,38,46)/b11-9+/t24-,25-,26-,29-/m0/s1. The normalized spacial score (nSPS) is 21.8. The number of alkyl carbamates (subject to hydrolysis) is 1. The summed E-state index contributed by atoms with van der Waals surface area (Å²) in [5, 5.41) is 18.9. The van der Waals surface area contributed by atoms with Crippen LogP contribution in [0.1, 0.15) is 72.3 Å². The smallest absolute Gasteiger partial charge is 0.410 e. The second-order valence-electron chi connectivity index (χ2n) is 13.1. The van der Waals surface area contributed by atoms with Crippen molar-refractivity contribution >= 4 is 57.3 Å². The van der Waals surface area contributed by atoms with E-state index < -0.39 is 53.8 Å². The molecule has 0 saturated heterocycles. The summed E-state index contributed by atoms with van der Waals surface area (Å²) in [6.45, 7) is 9.13. The third kappa shape index (κ3) is 13.1. The Balaban J connectivity index is 2.42. The van der Waals surface area contributed by atoms with Crippen molar-refractivity contribution in [2.24, 2.45) is 5.92 Å². The van der Waals surface area contributed by atoms with Crippen LogP contribution >= 0.6 is 27.5 Å². The van der Waals surface area contributed by atoms with Crippen LogP contribution in [0.25, 0.3) is 0 Å². The molecule has 1 aliphatic heterocycles. The van der Waals surface area contributed by atoms with Crippen LogP contribution in [0.15, 0.2) is 34.8 Å². The van der Waals surface area contributed by atoms with Gasteiger partial charge in [-0.15, -0.1) is 0 Å². The van der Waals surface area contributed by atoms with Crippen molar-refractivity contribution in [2.75, 3.05) is 20.6 Å². The van der Waals surface area contributed by atoms with Gasteiger partial charge in [0, 0.05) is 36.6 Å². The second kappa shape index (κ2) is 18.4. The van der Waals surface area contributed by atoms with Gasteiger partial charge in [-0.25, -0.2) is 4.79 Å². The maximum Gasteiger partial charge on any atom is 0.410 e. The summed E-state index contributed by atoms with van der Waals surface area (Å²) in [5.74, 6) is -2.40. The molecule has 14 heteroatoms. The van der Waals surface area contributed by atoms with E-state index in [2.05, 4.69) is 31.9 Å². The first-order valence-corrected chi connectivity index (χ1v) is 17.0. The third-order valence-corrected chi connectivity index (χ3v) is 8.50. The van der Waals surface area contributed by atoms with Crippen LogP contribution in [-0.2, 0) is 30.3 Å². The number of rotatable bonds is 7. The molecule has 1 aliphatic rings. The first-order chi connectivity index (χ1) is 21.9. The Hall–Kier alpha value is -3.16. The van der Waals surface area contributed by atoms with Crippen molar-refractivity contribution in [2.45, 2.75) is 103 Å². The lowest BCUT2D eigenvalue weighted by molar-refractivity contribution is -0.148. The zero-order chi connectivity index (χ0) is 35.5. The predicted octanol–water partition coefficient (Wildman–Crippen LogP) is 3.92. The molecule has 1 aromatic rings. The highest BCUT2D eigenvalue weighted by Gasteiger charge is 2.36. The lowest BCUT2D eigenvalue weighted by Gasteiger charge is -2.34. The molecule has 0 saturated carbocycles. The second-order valence-corrected chi connectivity index (χ2v) is 14.4. The molecule has 47 heavy (non-hydrogen) atoms. The average molecular weight is 743 g/mol. The predicted molar refractivity (Wildman–Crippen MR) is 183 cm³/mol. The Kier molecular flexibility index (Phi) is 15.7. The number of ether oxygens (including phenoxy) is 1. The number of hydrogen-bond donors (Lipinski definition) is 4. The molecule has 12 nitrogen and oxygen atoms in total. The maximum absolute atomic E-state index is 14.1. The van der Waals surface area contributed by atoms with Crippen LogP contribution in [0.2, 0.25) is 5.02 Å². The van der Waals surface area contributed by atoms with Gasteiger partial charge in [0.05, 0.1) is 0 Å². The average Bonchev–Trinajstić information content (AvgIpc) is 2.96. The van der Waals surface area contributed by atoms with Crippen LogP contribution in [0, 0.1) is 5.92 Å². The quantitative estimate of drug-likeness (QED) is 0.244. The van der Waals surface area contributed by atoms with Gasteiger partial charge < -0.3 is 30.3 Å². The Morgan fingerprint density at radius 2 is 1.85 bits per heavy atom. The van der Waals surface area contributed by atoms with Crippen LogP contribution in [0.4, 0.5) is 4.79 Å². The summed E-state index contributed by atoms with van der Waals surface area (Å²) in [5.41, 5.74) is -0.123. The molecule has 0 aliphatic carbocycles. The molecule has 1 aromatic carbocycles. The molecule has 0 aromatic heterocycles. The number of benzene rings is 1. The van der Waals surface area contributed by atoms with Crippen molar-refractivity contribution in [3.05, 3.63) is 45.4 Å². The van der Waals surface area contributed by atoms with E-state index in [1.807, 2.05) is 19.9 Å². The molecule has 1 heterocycles. The number of carbonyl (C=O) groups excluding carboxylic acids is 5. The molecule has 0 unspecified atom stereocenters. The SMILES string of the molecule is CC(C)C[C@@H]1NC(=O)[C@@H](N(C)C(=O)[C@H](O)NC(=O)OC(C)(C)C)C/C=C/CCCCNC(=O)[C@H](Cc2cc(Cl)ccc2Br)N(C)C1=O. The number of likely N-dealkylation sites (N-methyl/N-ethyl adjacent to an activating group) is 2. The molecule has 0 radical (unpaired) electrons. The van der Waals surface area contributed by atoms with Crippen molar-refractivity contribution in [1.82, 2.24) is 25.8 Å². The lowest BCUT2D eigenvalue weighted by Crippen LogP contribution is -2.59. The fraction of sp³-hybridized carbons (Fsp3) is 0.606. The zero-order valence-electron chi connectivity index (χ0n) is 28.3. The summed E-state index contributed by atoms with van der Waals surface area (Å²) < 4.78 is 5.86. The summed E-state index contributed by atoms with van der Waals surface area (Å²) in [7, 11) is 2.87. The Morgan fingerprint density at radius 1 is 1.17 bits per heavy atom. The van der Waals surface area contributed by atoms with Crippen LogP contribution in [0.3, 0.4) is 0 Å². The highest BCUT2D eigenvalue weighted by atomic mass is 79.9. The van der Waals surface area contributed by atoms with Crippen molar-refractivity contribution in [3.8, 4) is 0 Å². The van der Waals surface area contributed by atoms with E-state index in [1.54, 1.807) is 45.0 Å². The summed E-state index contributed by atoms with van der Waals surface area (Å²) >= 11 is 9.76. The molecule has 2 rings (SSSR count). The van der Waals surface area contributed by atoms with Crippen LogP contribution < -0.4 is 16.0 Å². The number of aliphatic hydroxyl groups is 1. The van der Waals surface area contributed by atoms with Gasteiger partial charge in [0.15, 0.2) is 0 Å². The molecular weight excluding hydrogens is 694 g/mol. The molecule has 4 N–H and O–H groups in total. The van der Waals surface area contributed by atoms with E-state index >= 15 is 0 Å². The van der Waals surface area contributed by atoms with Gasteiger partial charge in [-0.3, -0.25) is 24.5 Å². The first-order valence-electron chi connectivity index (χ1n) is 15.8. The highest BCUT2D eigenvalue weighted by Crippen LogP contribution is 2.24. The van der Waals surface area contributed by atoms with Crippen molar-refractivity contribution in [1.29, 1.82) is 0 Å². The molecule has 0 fully saturated rings. The topological polar surface area (TPSA) is 157 Å². The van der Waals surface area contributed by atoms with E-state index in [0.717, 1.165) is 21.4 Å². The Morgan fingerprint density at radius 3 is 2.49 bits per heavy atom. The van der Waals surface area contributed by atoms with Gasteiger partial charge in [-0.2, -0.15) is 0 Å². The minimum atomic E-state index is -1.98. The molecular formula is C33H49BrClN5O7. The molecule has 262 valence electrons. The number of allylic oxidation sites excluding steroid dienone is 1. The van der Waals surface area contributed by atoms with Crippen molar-refractivity contribution < 1.29 is 33.8 Å². The first kappa shape index (κ1) is 40.0. The van der Waals surface area contributed by atoms with E-state index in [4.69, 9.17) is 16.3 Å². The minimum Gasteiger partial charge on any atom is -0.444 e. The van der Waals surface area contributed by atoms with Crippen LogP contribution in [0.5, 0.6) is 0 Å². The van der Waals surface area contributed by atoms with Gasteiger partial charge >= 0.3 is 6.09 Å². The third-order valence-electron chi connectivity index (χ3n) is 7.49. The van der Waals surface area contributed by atoms with E-state index in [1.165, 1.54) is 19.0 Å². The number of nitrogens with zero attached hydrogens (tertiary/aromatic N) is 2. The number of amides is 5. The van der Waals surface area contributed by atoms with Crippen LogP contribution in [-0.4, -0.2) is 95.2 Å². The summed E-state index contributed by atoms with van der Waals surface area (Å²) in [4.78, 5) is 69.2. The van der Waals surface area contributed by atoms with E-state index in [-0.39, 0.29) is 31.1 Å². The van der Waals surface area contributed by atoms with Gasteiger partial charge in [0.1, 0.15) is 23.7 Å². The highest BCUT2D eigenvalue weighted by molar-refractivity contribution is 9.10. The molecule has 5 amide bonds. The van der Waals surface area contributed by atoms with E-state index in [0.29, 0.717) is 24.4 Å². The zero-order valence-corrected chi connectivity index (χ0v) is 30.6. The molecule has 0 spiro atoms. The Bertz CT molecular complexity index is 1300. The summed E-state index contributed by atoms with van der Waals surface area (Å²) in [6, 6.07) is 2.16. The molecule has 4 atom stereocenters. The Labute approximate surface area is 291 Å². The summed E-state index contributed by atoms with van der Waals surface area (Å²) in [6.07, 6.45) is 3.28. The largest absolute Gasteiger partial charge is 0.444 e. The fourth-order valence-corrected chi connectivity index (χ4v) is 5.60. The number of carbonyl (C=O) groups is 5. The van der Waals surface area contributed by atoms with Crippen molar-refractivity contribution in [3.63, 3.8) is 0 Å². The van der Waals surface area contributed by atoms with Gasteiger partial charge in [0.25, 0.3) is 5.91 Å². The monoisotopic (exact) mass is 741 g/mol. The number of hydrogen-bond acceptors (Lipinski definition) is 7. The lowest BCUT2D eigenvalue weighted by atomic mass is 9.99. The van der Waals surface area contributed by atoms with Gasteiger partial charge in [0.2, 0.25) is 23.9 Å². The molecule has 0 bridgehead atoms. The fourth-order valence-electron chi connectivity index (χ4n) is 5.00.